The Balaban J connectivity index is 1.81. The van der Waals surface area contributed by atoms with E-state index in [-0.39, 0.29) is 16.4 Å². The van der Waals surface area contributed by atoms with Gasteiger partial charge in [-0.1, -0.05) is 23.8 Å². The molecule has 0 fully saturated rings. The van der Waals surface area contributed by atoms with Gasteiger partial charge in [-0.3, -0.25) is 9.10 Å². The molecule has 0 saturated carbocycles. The van der Waals surface area contributed by atoms with Crippen molar-refractivity contribution in [2.45, 2.75) is 25.7 Å². The van der Waals surface area contributed by atoms with Gasteiger partial charge in [0.15, 0.2) is 11.5 Å². The first kappa shape index (κ1) is 28.2. The summed E-state index contributed by atoms with van der Waals surface area (Å²) in [5, 5.41) is 3.93. The van der Waals surface area contributed by atoms with E-state index >= 15 is 0 Å². The highest BCUT2D eigenvalue weighted by Crippen LogP contribution is 2.28. The molecule has 0 radical (unpaired) electrons. The van der Waals surface area contributed by atoms with E-state index in [1.54, 1.807) is 36.4 Å². The third-order valence-electron chi connectivity index (χ3n) is 5.63. The quantitative estimate of drug-likeness (QED) is 0.188. The van der Waals surface area contributed by atoms with Crippen LogP contribution >= 0.6 is 0 Å². The van der Waals surface area contributed by atoms with Crippen molar-refractivity contribution >= 4 is 34.0 Å². The number of nitrogens with zero attached hydrogens (tertiary/aromatic N) is 2. The predicted octanol–water partition coefficient (Wildman–Crippen LogP) is 4.11. The lowest BCUT2D eigenvalue weighted by molar-refractivity contribution is -0.119. The molecule has 0 heterocycles. The SMILES string of the molecule is COC(=O)Oc1ccc(/C=N\NC(=O)CN(c2ccc(C)c(C)c2)S(=O)(=O)c2ccc(C)cc2)cc1OC. The van der Waals surface area contributed by atoms with Crippen LogP contribution < -0.4 is 19.2 Å². The number of rotatable bonds is 9. The number of methoxy groups -OCH3 is 2. The molecule has 11 heteroatoms. The fraction of sp³-hybridized carbons (Fsp3) is 0.222. The number of anilines is 1. The van der Waals surface area contributed by atoms with Crippen LogP contribution in [0.2, 0.25) is 0 Å². The van der Waals surface area contributed by atoms with Crippen molar-refractivity contribution in [2.24, 2.45) is 5.10 Å². The van der Waals surface area contributed by atoms with E-state index in [0.717, 1.165) is 21.0 Å². The van der Waals surface area contributed by atoms with Gasteiger partial charge < -0.3 is 14.2 Å². The zero-order valence-corrected chi connectivity index (χ0v) is 22.5. The molecule has 200 valence electrons. The fourth-order valence-corrected chi connectivity index (χ4v) is 4.77. The highest BCUT2D eigenvalue weighted by Gasteiger charge is 2.27. The van der Waals surface area contributed by atoms with E-state index in [4.69, 9.17) is 9.47 Å². The van der Waals surface area contributed by atoms with Crippen LogP contribution in [0.1, 0.15) is 22.3 Å². The molecule has 3 aromatic rings. The van der Waals surface area contributed by atoms with Gasteiger partial charge in [0.2, 0.25) is 0 Å². The summed E-state index contributed by atoms with van der Waals surface area (Å²) in [6.07, 6.45) is 0.447. The van der Waals surface area contributed by atoms with Gasteiger partial charge in [0.05, 0.1) is 31.0 Å². The molecule has 0 unspecified atom stereocenters. The molecular weight excluding hydrogens is 510 g/mol. The van der Waals surface area contributed by atoms with Crippen molar-refractivity contribution in [2.75, 3.05) is 25.1 Å². The third kappa shape index (κ3) is 6.88. The standard InChI is InChI=1S/C27H29N3O7S/c1-18-6-11-23(12-7-18)38(33,34)30(22-10-8-19(2)20(3)14-22)17-26(31)29-28-16-21-9-13-24(25(15-21)35-4)37-27(32)36-5/h6-16H,17H2,1-5H3,(H,29,31)/b28-16-. The molecule has 0 aliphatic carbocycles. The number of benzene rings is 3. The molecule has 3 aromatic carbocycles. The number of carbonyl (C=O) groups excluding carboxylic acids is 2. The van der Waals surface area contributed by atoms with Gasteiger partial charge in [-0.15, -0.1) is 0 Å². The minimum atomic E-state index is -4.05. The molecule has 0 spiro atoms. The van der Waals surface area contributed by atoms with Crippen molar-refractivity contribution < 1.29 is 32.2 Å². The van der Waals surface area contributed by atoms with Gasteiger partial charge in [-0.25, -0.2) is 18.6 Å². The third-order valence-corrected chi connectivity index (χ3v) is 7.41. The van der Waals surface area contributed by atoms with E-state index in [1.807, 2.05) is 20.8 Å². The Bertz CT molecular complexity index is 1450. The van der Waals surface area contributed by atoms with E-state index < -0.39 is 28.6 Å². The van der Waals surface area contributed by atoms with Gasteiger partial charge in [0, 0.05) is 0 Å². The summed E-state index contributed by atoms with van der Waals surface area (Å²) in [6, 6.07) is 16.2. The van der Waals surface area contributed by atoms with Crippen molar-refractivity contribution in [1.29, 1.82) is 0 Å². The Morgan fingerprint density at radius 2 is 1.63 bits per heavy atom. The first-order valence-electron chi connectivity index (χ1n) is 11.5. The Labute approximate surface area is 221 Å². The molecule has 0 aliphatic heterocycles. The molecule has 1 amide bonds. The topological polar surface area (TPSA) is 124 Å². The van der Waals surface area contributed by atoms with Crippen LogP contribution in [0.5, 0.6) is 11.5 Å². The van der Waals surface area contributed by atoms with Crippen LogP contribution in [0.3, 0.4) is 0 Å². The lowest BCUT2D eigenvalue weighted by atomic mass is 10.1. The average molecular weight is 540 g/mol. The summed E-state index contributed by atoms with van der Waals surface area (Å²) in [5.74, 6) is -0.255. The van der Waals surface area contributed by atoms with Crippen molar-refractivity contribution in [3.8, 4) is 11.5 Å². The lowest BCUT2D eigenvalue weighted by Crippen LogP contribution is -2.39. The number of hydrazone groups is 1. The number of aryl methyl sites for hydroxylation is 3. The summed E-state index contributed by atoms with van der Waals surface area (Å²) < 4.78 is 42.8. The van der Waals surface area contributed by atoms with Gasteiger partial charge in [0.1, 0.15) is 6.54 Å². The van der Waals surface area contributed by atoms with Crippen molar-refractivity contribution in [3.63, 3.8) is 0 Å². The Morgan fingerprint density at radius 3 is 2.26 bits per heavy atom. The number of carbonyl (C=O) groups is 2. The molecule has 0 saturated heterocycles. The largest absolute Gasteiger partial charge is 0.513 e. The monoisotopic (exact) mass is 539 g/mol. The second-order valence-corrected chi connectivity index (χ2v) is 10.2. The minimum absolute atomic E-state index is 0.0685. The van der Waals surface area contributed by atoms with Crippen LogP contribution in [0, 0.1) is 20.8 Å². The second kappa shape index (κ2) is 12.2. The Morgan fingerprint density at radius 1 is 0.921 bits per heavy atom. The first-order valence-corrected chi connectivity index (χ1v) is 12.9. The summed E-state index contributed by atoms with van der Waals surface area (Å²) >= 11 is 0. The van der Waals surface area contributed by atoms with E-state index in [9.17, 15) is 18.0 Å². The number of hydrogen-bond acceptors (Lipinski definition) is 8. The van der Waals surface area contributed by atoms with Crippen molar-refractivity contribution in [1.82, 2.24) is 5.43 Å². The number of nitrogens with one attached hydrogen (secondary N) is 1. The zero-order valence-electron chi connectivity index (χ0n) is 21.7. The van der Waals surface area contributed by atoms with Crippen LogP contribution in [0.25, 0.3) is 0 Å². The number of hydrogen-bond donors (Lipinski definition) is 1. The Kier molecular flexibility index (Phi) is 9.08. The molecule has 10 nitrogen and oxygen atoms in total. The first-order chi connectivity index (χ1) is 18.0. The van der Waals surface area contributed by atoms with E-state index in [2.05, 4.69) is 15.3 Å². The van der Waals surface area contributed by atoms with Gasteiger partial charge in [-0.2, -0.15) is 5.10 Å². The predicted molar refractivity (Wildman–Crippen MR) is 143 cm³/mol. The van der Waals surface area contributed by atoms with Crippen LogP contribution in [0.15, 0.2) is 70.7 Å². The molecule has 0 aliphatic rings. The normalized spacial score (nSPS) is 11.2. The highest BCUT2D eigenvalue weighted by molar-refractivity contribution is 7.92. The van der Waals surface area contributed by atoms with Gasteiger partial charge >= 0.3 is 6.16 Å². The van der Waals surface area contributed by atoms with E-state index in [1.165, 1.54) is 44.7 Å². The molecular formula is C27H29N3O7S. The maximum Gasteiger partial charge on any atom is 0.513 e. The smallest absolute Gasteiger partial charge is 0.493 e. The fourth-order valence-electron chi connectivity index (χ4n) is 3.36. The average Bonchev–Trinajstić information content (AvgIpc) is 2.89. The number of ether oxygens (including phenoxy) is 3. The molecule has 0 aromatic heterocycles. The second-order valence-electron chi connectivity index (χ2n) is 8.35. The van der Waals surface area contributed by atoms with Crippen LogP contribution in [0.4, 0.5) is 10.5 Å². The molecule has 38 heavy (non-hydrogen) atoms. The zero-order chi connectivity index (χ0) is 27.9. The lowest BCUT2D eigenvalue weighted by Gasteiger charge is -2.24. The molecule has 1 N–H and O–H groups in total. The van der Waals surface area contributed by atoms with Crippen LogP contribution in [-0.2, 0) is 19.6 Å². The van der Waals surface area contributed by atoms with Gasteiger partial charge in [0.25, 0.3) is 15.9 Å². The number of amides is 1. The van der Waals surface area contributed by atoms with Crippen molar-refractivity contribution in [3.05, 3.63) is 82.9 Å². The highest BCUT2D eigenvalue weighted by atomic mass is 32.2. The van der Waals surface area contributed by atoms with E-state index in [0.29, 0.717) is 11.3 Å². The summed E-state index contributed by atoms with van der Waals surface area (Å²) in [5.41, 5.74) is 6.04. The van der Waals surface area contributed by atoms with Crippen LogP contribution in [-0.4, -0.2) is 47.5 Å². The molecule has 0 bridgehead atoms. The molecule has 0 atom stereocenters. The minimum Gasteiger partial charge on any atom is -0.493 e. The van der Waals surface area contributed by atoms with Gasteiger partial charge in [-0.05, 0) is 79.9 Å². The summed E-state index contributed by atoms with van der Waals surface area (Å²) in [4.78, 5) is 24.2. The number of sulfonamides is 1. The maximum atomic E-state index is 13.5. The molecule has 3 rings (SSSR count). The maximum absolute atomic E-state index is 13.5. The summed E-state index contributed by atoms with van der Waals surface area (Å²) in [7, 11) is -1.46. The Hall–Kier alpha value is -4.38. The summed E-state index contributed by atoms with van der Waals surface area (Å²) in [6.45, 7) is 5.15.